The van der Waals surface area contributed by atoms with Crippen molar-refractivity contribution in [2.75, 3.05) is 0 Å². The molecule has 5 aliphatic rings. The molecule has 0 aromatic heterocycles. The highest BCUT2D eigenvalue weighted by Gasteiger charge is 2.68. The summed E-state index contributed by atoms with van der Waals surface area (Å²) in [4.78, 5) is 10.6. The maximum atomic E-state index is 11.1. The van der Waals surface area contributed by atoms with E-state index in [1.54, 1.807) is 0 Å². The second-order valence-corrected chi connectivity index (χ2v) is 21.2. The van der Waals surface area contributed by atoms with Gasteiger partial charge in [-0.1, -0.05) is 150 Å². The van der Waals surface area contributed by atoms with Gasteiger partial charge in [0.05, 0.1) is 6.10 Å². The molecule has 0 saturated heterocycles. The summed E-state index contributed by atoms with van der Waals surface area (Å²) in [6.45, 7) is 18.1. The highest BCUT2D eigenvalue weighted by atomic mass is 16.4. The lowest BCUT2D eigenvalue weighted by Crippen LogP contribution is -2.64. The minimum Gasteiger partial charge on any atom is -0.481 e. The fraction of sp³-hybridized carbons (Fsp3) is 0.936. The molecule has 0 aromatic carbocycles. The van der Waals surface area contributed by atoms with Gasteiger partial charge in [-0.25, -0.2) is 0 Å². The molecule has 4 fully saturated rings. The number of hydrogen-bond donors (Lipinski definition) is 2. The van der Waals surface area contributed by atoms with Crippen LogP contribution in [0.2, 0.25) is 0 Å². The summed E-state index contributed by atoms with van der Waals surface area (Å²) >= 11 is 0. The smallest absolute Gasteiger partial charge is 0.303 e. The van der Waals surface area contributed by atoms with Gasteiger partial charge in [0, 0.05) is 6.42 Å². The van der Waals surface area contributed by atoms with Crippen molar-refractivity contribution in [3.63, 3.8) is 0 Å². The Bertz CT molecular complexity index is 1150. The highest BCUT2D eigenvalue weighted by molar-refractivity contribution is 5.66. The minimum atomic E-state index is -0.651. The average Bonchev–Trinajstić information content (AvgIpc) is 3.05. The fourth-order valence-electron chi connectivity index (χ4n) is 13.8. The van der Waals surface area contributed by atoms with Gasteiger partial charge in [-0.05, 0) is 127 Å². The topological polar surface area (TPSA) is 57.5 Å². The molecule has 3 heteroatoms. The molecule has 4 saturated carbocycles. The van der Waals surface area contributed by atoms with E-state index >= 15 is 0 Å². The quantitative estimate of drug-likeness (QED) is 0.111. The van der Waals surface area contributed by atoms with Gasteiger partial charge in [-0.2, -0.15) is 0 Å². The summed E-state index contributed by atoms with van der Waals surface area (Å²) in [5.74, 6) is 1.51. The third-order valence-corrected chi connectivity index (χ3v) is 17.4. The first-order valence-corrected chi connectivity index (χ1v) is 22.2. The van der Waals surface area contributed by atoms with Crippen LogP contribution in [0, 0.1) is 50.2 Å². The van der Waals surface area contributed by atoms with Gasteiger partial charge in [-0.3, -0.25) is 4.79 Å². The van der Waals surface area contributed by atoms with Crippen molar-refractivity contribution >= 4 is 5.97 Å². The number of unbranched alkanes of at least 4 members (excludes halogenated alkanes) is 14. The van der Waals surface area contributed by atoms with Crippen molar-refractivity contribution in [2.24, 2.45) is 50.2 Å². The Morgan fingerprint density at radius 1 is 0.660 bits per heavy atom. The van der Waals surface area contributed by atoms with E-state index in [9.17, 15) is 9.90 Å². The first-order valence-electron chi connectivity index (χ1n) is 22.2. The molecular weight excluding hydrogens is 613 g/mol. The first kappa shape index (κ1) is 40.4. The maximum absolute atomic E-state index is 11.1. The molecule has 0 bridgehead atoms. The number of rotatable bonds is 18. The second kappa shape index (κ2) is 16.3. The average molecular weight is 695 g/mol. The SMILES string of the molecule is CC1(C)CC[C@]2(CCCCCCCCCCCCCCCCCC(=O)O)CC[C@]3(C)C(=CC[C@@H]4[C@@]5(C)CC[C@H](O)C(C)(C)[C@@H]5CC[C@]43C)[C@@H]2C1. The number of allylic oxidation sites excluding steroid dienone is 2. The zero-order valence-corrected chi connectivity index (χ0v) is 34.3. The van der Waals surface area contributed by atoms with Crippen LogP contribution in [0.25, 0.3) is 0 Å². The van der Waals surface area contributed by atoms with E-state index in [0.717, 1.165) is 31.1 Å². The van der Waals surface area contributed by atoms with Crippen molar-refractivity contribution in [2.45, 2.75) is 228 Å². The molecule has 0 spiro atoms. The van der Waals surface area contributed by atoms with Crippen LogP contribution in [0.15, 0.2) is 11.6 Å². The summed E-state index contributed by atoms with van der Waals surface area (Å²) < 4.78 is 0. The fourth-order valence-corrected chi connectivity index (χ4v) is 13.8. The zero-order valence-electron chi connectivity index (χ0n) is 34.3. The maximum Gasteiger partial charge on any atom is 0.303 e. The number of aliphatic hydroxyl groups is 1. The van der Waals surface area contributed by atoms with Crippen LogP contribution in [0.5, 0.6) is 0 Å². The van der Waals surface area contributed by atoms with Gasteiger partial charge in [0.25, 0.3) is 0 Å². The number of carbonyl (C=O) groups is 1. The molecule has 5 aliphatic carbocycles. The molecule has 3 nitrogen and oxygen atoms in total. The number of aliphatic hydroxyl groups excluding tert-OH is 1. The molecule has 0 heterocycles. The number of aliphatic carboxylic acids is 1. The van der Waals surface area contributed by atoms with Gasteiger partial charge in [0.2, 0.25) is 0 Å². The van der Waals surface area contributed by atoms with Crippen molar-refractivity contribution in [3.05, 3.63) is 11.6 Å². The van der Waals surface area contributed by atoms with Crippen LogP contribution >= 0.6 is 0 Å². The van der Waals surface area contributed by atoms with Crippen molar-refractivity contribution in [3.8, 4) is 0 Å². The largest absolute Gasteiger partial charge is 0.481 e. The standard InChI is InChI=1S/C47H82O3/c1-42(2)31-33-47(28-22-20-18-16-14-12-10-8-9-11-13-15-17-19-21-23-41(49)50)34-32-45(6)36(37(47)35-42)24-25-39-44(5)29-27-40(48)43(3,4)38(44)26-30-46(39,45)7/h24,37-40,48H,8-23,25-35H2,1-7H3,(H,49,50)/t37-,38-,39+,40-,44-,45+,46+,47+/m0/s1. The Balaban J connectivity index is 1.09. The normalized spacial score (nSPS) is 38.7. The monoisotopic (exact) mass is 695 g/mol. The highest BCUT2D eigenvalue weighted by Crippen LogP contribution is 2.76. The molecule has 288 valence electrons. The number of hydrogen-bond acceptors (Lipinski definition) is 2. The summed E-state index contributed by atoms with van der Waals surface area (Å²) in [5, 5.41) is 19.8. The lowest BCUT2D eigenvalue weighted by Gasteiger charge is -2.71. The van der Waals surface area contributed by atoms with E-state index in [0.29, 0.717) is 39.4 Å². The van der Waals surface area contributed by atoms with Crippen molar-refractivity contribution in [1.29, 1.82) is 0 Å². The predicted octanol–water partition coefficient (Wildman–Crippen LogP) is 13.9. The van der Waals surface area contributed by atoms with Gasteiger partial charge >= 0.3 is 5.97 Å². The molecule has 5 rings (SSSR count). The molecule has 0 amide bonds. The van der Waals surface area contributed by atoms with Crippen molar-refractivity contribution < 1.29 is 15.0 Å². The summed E-state index contributed by atoms with van der Waals surface area (Å²) in [7, 11) is 0. The third kappa shape index (κ3) is 8.14. The molecule has 8 atom stereocenters. The Morgan fingerprint density at radius 3 is 1.78 bits per heavy atom. The number of carboxylic acids is 1. The van der Waals surface area contributed by atoms with E-state index in [4.69, 9.17) is 5.11 Å². The summed E-state index contributed by atoms with van der Waals surface area (Å²) in [6, 6.07) is 0. The van der Waals surface area contributed by atoms with Crippen LogP contribution in [-0.2, 0) is 4.79 Å². The number of carboxylic acid groups (broad SMARTS) is 1. The minimum absolute atomic E-state index is 0.0300. The third-order valence-electron chi connectivity index (χ3n) is 17.4. The molecule has 0 radical (unpaired) electrons. The Hall–Kier alpha value is -0.830. The van der Waals surface area contributed by atoms with Gasteiger partial charge in [0.15, 0.2) is 0 Å². The second-order valence-electron chi connectivity index (χ2n) is 21.2. The molecular formula is C47H82O3. The molecule has 50 heavy (non-hydrogen) atoms. The lowest BCUT2D eigenvalue weighted by molar-refractivity contribution is -0.203. The Morgan fingerprint density at radius 2 is 1.20 bits per heavy atom. The Labute approximate surface area is 310 Å². The summed E-state index contributed by atoms with van der Waals surface area (Å²) in [5.41, 5.74) is 3.99. The van der Waals surface area contributed by atoms with E-state index < -0.39 is 5.97 Å². The van der Waals surface area contributed by atoms with Crippen LogP contribution in [-0.4, -0.2) is 22.3 Å². The van der Waals surface area contributed by atoms with Gasteiger partial charge in [-0.15, -0.1) is 0 Å². The number of fused-ring (bicyclic) bond motifs is 7. The molecule has 0 aliphatic heterocycles. The molecule has 0 aromatic rings. The van der Waals surface area contributed by atoms with Crippen molar-refractivity contribution in [1.82, 2.24) is 0 Å². The van der Waals surface area contributed by atoms with Crippen LogP contribution in [0.3, 0.4) is 0 Å². The van der Waals surface area contributed by atoms with E-state index in [1.165, 1.54) is 148 Å². The molecule has 0 unspecified atom stereocenters. The molecule has 2 N–H and O–H groups in total. The van der Waals surface area contributed by atoms with E-state index in [1.807, 2.05) is 5.57 Å². The lowest BCUT2D eigenvalue weighted by atomic mass is 9.33. The zero-order chi connectivity index (χ0) is 36.3. The van der Waals surface area contributed by atoms with Gasteiger partial charge in [0.1, 0.15) is 0 Å². The van der Waals surface area contributed by atoms with E-state index in [-0.39, 0.29) is 11.5 Å². The first-order chi connectivity index (χ1) is 23.6. The van der Waals surface area contributed by atoms with Crippen LogP contribution in [0.4, 0.5) is 0 Å². The predicted molar refractivity (Wildman–Crippen MR) is 211 cm³/mol. The van der Waals surface area contributed by atoms with Gasteiger partial charge < -0.3 is 10.2 Å². The Kier molecular flexibility index (Phi) is 13.1. The van der Waals surface area contributed by atoms with E-state index in [2.05, 4.69) is 54.5 Å². The van der Waals surface area contributed by atoms with Crippen LogP contribution < -0.4 is 0 Å². The summed E-state index contributed by atoms with van der Waals surface area (Å²) in [6.07, 6.45) is 37.6. The van der Waals surface area contributed by atoms with Crippen LogP contribution in [0.1, 0.15) is 222 Å².